The topological polar surface area (TPSA) is 41.6 Å². The van der Waals surface area contributed by atoms with Gasteiger partial charge >= 0.3 is 0 Å². The molecule has 0 unspecified atom stereocenters. The third-order valence-corrected chi connectivity index (χ3v) is 3.55. The van der Waals surface area contributed by atoms with Gasteiger partial charge in [0.1, 0.15) is 0 Å². The van der Waals surface area contributed by atoms with E-state index in [1.54, 1.807) is 12.1 Å². The summed E-state index contributed by atoms with van der Waals surface area (Å²) in [5.74, 6) is -0.503. The minimum Gasteiger partial charge on any atom is -0.206 e. The monoisotopic (exact) mass is 311 g/mol. The number of hydrogen-bond donors (Lipinski definition) is 0. The first-order valence-electron chi connectivity index (χ1n) is 6.65. The Morgan fingerprint density at radius 1 is 1.14 bits per heavy atom. The molecule has 3 rings (SSSR count). The highest BCUT2D eigenvalue weighted by Gasteiger charge is 2.11. The van der Waals surface area contributed by atoms with Crippen LogP contribution in [-0.4, -0.2) is 9.78 Å². The molecule has 0 atom stereocenters. The van der Waals surface area contributed by atoms with Crippen LogP contribution in [0.3, 0.4) is 0 Å². The standard InChI is InChI=1S/C17H11ClFN3/c18-15-3-1-2-13(10-15)12-4-6-16(7-5-12)22-17(19)14(8-9-20)11-21-22/h1-7,10-11H,8H2. The lowest BCUT2D eigenvalue weighted by Crippen LogP contribution is -2.00. The maximum absolute atomic E-state index is 14.1. The Hall–Kier alpha value is -2.64. The van der Waals surface area contributed by atoms with Crippen LogP contribution < -0.4 is 0 Å². The summed E-state index contributed by atoms with van der Waals surface area (Å²) >= 11 is 5.99. The van der Waals surface area contributed by atoms with Gasteiger partial charge in [-0.2, -0.15) is 14.8 Å². The molecule has 0 spiro atoms. The number of rotatable bonds is 3. The van der Waals surface area contributed by atoms with Crippen molar-refractivity contribution in [3.05, 3.63) is 71.3 Å². The quantitative estimate of drug-likeness (QED) is 0.719. The van der Waals surface area contributed by atoms with Gasteiger partial charge < -0.3 is 0 Å². The smallest absolute Gasteiger partial charge is 0.206 e. The van der Waals surface area contributed by atoms with Crippen LogP contribution in [0.1, 0.15) is 5.56 Å². The van der Waals surface area contributed by atoms with Gasteiger partial charge in [-0.15, -0.1) is 0 Å². The van der Waals surface area contributed by atoms with E-state index in [9.17, 15) is 4.39 Å². The van der Waals surface area contributed by atoms with E-state index in [1.807, 2.05) is 42.5 Å². The molecule has 0 aliphatic rings. The Labute approximate surface area is 132 Å². The average Bonchev–Trinajstić information content (AvgIpc) is 2.89. The maximum Gasteiger partial charge on any atom is 0.220 e. The second kappa shape index (κ2) is 6.00. The van der Waals surface area contributed by atoms with Crippen molar-refractivity contribution >= 4 is 11.6 Å². The molecule has 0 bridgehead atoms. The summed E-state index contributed by atoms with van der Waals surface area (Å²) in [6, 6.07) is 16.8. The Bertz CT molecular complexity index is 847. The molecule has 0 radical (unpaired) electrons. The molecule has 1 aromatic heterocycles. The van der Waals surface area contributed by atoms with Crippen LogP contribution in [0.2, 0.25) is 5.02 Å². The molecule has 108 valence electrons. The number of hydrogen-bond acceptors (Lipinski definition) is 2. The number of nitrogens with zero attached hydrogens (tertiary/aromatic N) is 3. The molecule has 0 N–H and O–H groups in total. The molecule has 1 heterocycles. The fraction of sp³-hybridized carbons (Fsp3) is 0.0588. The van der Waals surface area contributed by atoms with Crippen molar-refractivity contribution in [1.29, 1.82) is 5.26 Å². The number of benzene rings is 2. The van der Waals surface area contributed by atoms with Crippen LogP contribution in [-0.2, 0) is 6.42 Å². The van der Waals surface area contributed by atoms with E-state index in [1.165, 1.54) is 10.9 Å². The van der Waals surface area contributed by atoms with Gasteiger partial charge in [0, 0.05) is 10.6 Å². The molecule has 3 aromatic rings. The van der Waals surface area contributed by atoms with Crippen molar-refractivity contribution in [2.45, 2.75) is 6.42 Å². The molecular weight excluding hydrogens is 301 g/mol. The summed E-state index contributed by atoms with van der Waals surface area (Å²) in [6.07, 6.45) is 1.38. The third kappa shape index (κ3) is 2.72. The molecule has 22 heavy (non-hydrogen) atoms. The van der Waals surface area contributed by atoms with Gasteiger partial charge in [-0.3, -0.25) is 0 Å². The van der Waals surface area contributed by atoms with Gasteiger partial charge in [-0.1, -0.05) is 35.9 Å². The summed E-state index contributed by atoms with van der Waals surface area (Å²) in [7, 11) is 0. The molecule has 0 fully saturated rings. The second-order valence-corrected chi connectivity index (χ2v) is 5.20. The minimum absolute atomic E-state index is 0.00638. The zero-order valence-corrected chi connectivity index (χ0v) is 12.3. The van der Waals surface area contributed by atoms with Crippen molar-refractivity contribution in [3.8, 4) is 22.9 Å². The van der Waals surface area contributed by atoms with E-state index in [4.69, 9.17) is 16.9 Å². The second-order valence-electron chi connectivity index (χ2n) is 4.76. The van der Waals surface area contributed by atoms with E-state index in [-0.39, 0.29) is 6.42 Å². The van der Waals surface area contributed by atoms with Crippen LogP contribution >= 0.6 is 11.6 Å². The average molecular weight is 312 g/mol. The first-order chi connectivity index (χ1) is 10.7. The van der Waals surface area contributed by atoms with Gasteiger partial charge in [0.05, 0.1) is 24.4 Å². The van der Waals surface area contributed by atoms with Crippen molar-refractivity contribution in [2.75, 3.05) is 0 Å². The SMILES string of the molecule is N#CCc1cnn(-c2ccc(-c3cccc(Cl)c3)cc2)c1F. The molecule has 2 aromatic carbocycles. The number of aromatic nitrogens is 2. The van der Waals surface area contributed by atoms with E-state index >= 15 is 0 Å². The van der Waals surface area contributed by atoms with Crippen LogP contribution in [0.4, 0.5) is 4.39 Å². The minimum atomic E-state index is -0.503. The van der Waals surface area contributed by atoms with Crippen LogP contribution in [0, 0.1) is 17.3 Å². The first kappa shape index (κ1) is 14.3. The summed E-state index contributed by atoms with van der Waals surface area (Å²) < 4.78 is 15.3. The zero-order chi connectivity index (χ0) is 15.5. The largest absolute Gasteiger partial charge is 0.220 e. The molecule has 5 heteroatoms. The highest BCUT2D eigenvalue weighted by atomic mass is 35.5. The van der Waals surface area contributed by atoms with Crippen molar-refractivity contribution in [1.82, 2.24) is 9.78 Å². The zero-order valence-electron chi connectivity index (χ0n) is 11.5. The van der Waals surface area contributed by atoms with E-state index in [2.05, 4.69) is 5.10 Å². The third-order valence-electron chi connectivity index (χ3n) is 3.32. The fourth-order valence-electron chi connectivity index (χ4n) is 2.21. The molecule has 3 nitrogen and oxygen atoms in total. The highest BCUT2D eigenvalue weighted by molar-refractivity contribution is 6.30. The summed E-state index contributed by atoms with van der Waals surface area (Å²) in [5.41, 5.74) is 2.87. The van der Waals surface area contributed by atoms with Gasteiger partial charge in [0.15, 0.2) is 0 Å². The molecule has 0 saturated heterocycles. The lowest BCUT2D eigenvalue weighted by Gasteiger charge is -2.06. The maximum atomic E-state index is 14.1. The summed E-state index contributed by atoms with van der Waals surface area (Å²) in [4.78, 5) is 0. The van der Waals surface area contributed by atoms with E-state index in [0.29, 0.717) is 16.3 Å². The Morgan fingerprint density at radius 2 is 1.91 bits per heavy atom. The lowest BCUT2D eigenvalue weighted by molar-refractivity contribution is 0.529. The Kier molecular flexibility index (Phi) is 3.90. The van der Waals surface area contributed by atoms with Crippen molar-refractivity contribution < 1.29 is 4.39 Å². The first-order valence-corrected chi connectivity index (χ1v) is 7.02. The Morgan fingerprint density at radius 3 is 2.59 bits per heavy atom. The number of halogens is 2. The summed E-state index contributed by atoms with van der Waals surface area (Å²) in [6.45, 7) is 0. The molecule has 0 aliphatic carbocycles. The van der Waals surface area contributed by atoms with Crippen molar-refractivity contribution in [2.24, 2.45) is 0 Å². The fourth-order valence-corrected chi connectivity index (χ4v) is 2.40. The molecule has 0 aliphatic heterocycles. The number of nitriles is 1. The predicted octanol–water partition coefficient (Wildman–Crippen LogP) is 4.40. The van der Waals surface area contributed by atoms with E-state index in [0.717, 1.165) is 11.1 Å². The van der Waals surface area contributed by atoms with Gasteiger partial charge in [-0.25, -0.2) is 4.68 Å². The van der Waals surface area contributed by atoms with Crippen molar-refractivity contribution in [3.63, 3.8) is 0 Å². The molecule has 0 amide bonds. The van der Waals surface area contributed by atoms with Gasteiger partial charge in [0.25, 0.3) is 0 Å². The van der Waals surface area contributed by atoms with Gasteiger partial charge in [0.2, 0.25) is 5.95 Å². The van der Waals surface area contributed by atoms with Gasteiger partial charge in [-0.05, 0) is 35.4 Å². The van der Waals surface area contributed by atoms with Crippen LogP contribution in [0.15, 0.2) is 54.7 Å². The molecular formula is C17H11ClFN3. The predicted molar refractivity (Wildman–Crippen MR) is 83.3 cm³/mol. The highest BCUT2D eigenvalue weighted by Crippen LogP contribution is 2.24. The molecule has 0 saturated carbocycles. The summed E-state index contributed by atoms with van der Waals surface area (Å²) in [5, 5.41) is 13.3. The lowest BCUT2D eigenvalue weighted by atomic mass is 10.1. The van der Waals surface area contributed by atoms with Crippen LogP contribution in [0.25, 0.3) is 16.8 Å². The Balaban J connectivity index is 1.93. The van der Waals surface area contributed by atoms with Crippen LogP contribution in [0.5, 0.6) is 0 Å². The van der Waals surface area contributed by atoms with E-state index < -0.39 is 5.95 Å². The normalized spacial score (nSPS) is 10.4.